The predicted octanol–water partition coefficient (Wildman–Crippen LogP) is -0.278. The zero-order chi connectivity index (χ0) is 12.6. The van der Waals surface area contributed by atoms with Crippen molar-refractivity contribution >= 4 is 16.0 Å². The Morgan fingerprint density at radius 3 is 2.38 bits per heavy atom. The van der Waals surface area contributed by atoms with E-state index in [2.05, 4.69) is 16.5 Å². The average molecular weight is 252 g/mol. The topological polar surface area (TPSA) is 86.7 Å². The maximum atomic E-state index is 11.2. The molecule has 0 aromatic rings. The number of rotatable bonds is 9. The Kier molecular flexibility index (Phi) is 7.27. The molecule has 0 rings (SSSR count). The van der Waals surface area contributed by atoms with Gasteiger partial charge in [-0.05, 0) is 19.5 Å². The zero-order valence-electron chi connectivity index (χ0n) is 9.77. The third-order valence-corrected chi connectivity index (χ3v) is 3.32. The molecule has 0 radical (unpaired) electrons. The maximum Gasteiger partial charge on any atom is 0.320 e. The number of carboxylic acid groups (broad SMARTS) is 1. The number of carbonyl (C=O) groups is 1. The smallest absolute Gasteiger partial charge is 0.320 e. The second-order valence-corrected chi connectivity index (χ2v) is 5.29. The average Bonchev–Trinajstić information content (AvgIpc) is 2.14. The zero-order valence-corrected chi connectivity index (χ0v) is 10.6. The van der Waals surface area contributed by atoms with E-state index >= 15 is 0 Å². The molecule has 16 heavy (non-hydrogen) atoms. The van der Waals surface area contributed by atoms with Gasteiger partial charge < -0.3 is 10.0 Å². The Labute approximate surface area is 96.7 Å². The molecule has 0 aromatic carbocycles. The minimum absolute atomic E-state index is 0.253. The van der Waals surface area contributed by atoms with E-state index in [1.807, 2.05) is 6.92 Å². The van der Waals surface area contributed by atoms with Gasteiger partial charge in [0.15, 0.2) is 5.75 Å². The highest BCUT2D eigenvalue weighted by Crippen LogP contribution is 1.90. The number of hydrogen-bond donors (Lipinski definition) is 2. The summed E-state index contributed by atoms with van der Waals surface area (Å²) in [6.45, 7) is 6.68. The molecule has 0 heterocycles. The third-order valence-electron chi connectivity index (χ3n) is 2.05. The van der Waals surface area contributed by atoms with Crippen LogP contribution in [0.25, 0.3) is 0 Å². The van der Waals surface area contributed by atoms with Gasteiger partial charge in [0.05, 0.1) is 0 Å². The van der Waals surface area contributed by atoms with E-state index in [9.17, 15) is 13.2 Å². The van der Waals surface area contributed by atoms with Crippen molar-refractivity contribution in [3.8, 4) is 0 Å². The molecular formula is C9H20N2O4S. The van der Waals surface area contributed by atoms with E-state index in [-0.39, 0.29) is 6.54 Å². The Morgan fingerprint density at radius 1 is 1.31 bits per heavy atom. The highest BCUT2D eigenvalue weighted by molar-refractivity contribution is 7.90. The molecule has 96 valence electrons. The largest absolute Gasteiger partial charge is 0.480 e. The third kappa shape index (κ3) is 7.61. The summed E-state index contributed by atoms with van der Waals surface area (Å²) in [6, 6.07) is 0. The minimum atomic E-state index is -3.68. The van der Waals surface area contributed by atoms with Crippen LogP contribution in [-0.2, 0) is 14.8 Å². The lowest BCUT2D eigenvalue weighted by Gasteiger charge is -2.19. The molecule has 0 fully saturated rings. The maximum absolute atomic E-state index is 11.2. The lowest BCUT2D eigenvalue weighted by Crippen LogP contribution is -2.37. The summed E-state index contributed by atoms with van der Waals surface area (Å²) in [5.41, 5.74) is 0. The molecule has 0 saturated carbocycles. The first-order valence-electron chi connectivity index (χ1n) is 5.32. The first-order valence-corrected chi connectivity index (χ1v) is 6.98. The number of carboxylic acids is 1. The number of aliphatic carboxylic acids is 1. The second-order valence-electron chi connectivity index (χ2n) is 3.48. The van der Waals surface area contributed by atoms with Gasteiger partial charge in [0.1, 0.15) is 0 Å². The summed E-state index contributed by atoms with van der Waals surface area (Å²) in [5, 5.41) is 8.36. The lowest BCUT2D eigenvalue weighted by atomic mass is 10.4. The van der Waals surface area contributed by atoms with Gasteiger partial charge >= 0.3 is 5.97 Å². The molecule has 0 amide bonds. The van der Waals surface area contributed by atoms with Crippen LogP contribution in [0.3, 0.4) is 0 Å². The second kappa shape index (κ2) is 7.59. The van der Waals surface area contributed by atoms with Crippen molar-refractivity contribution in [2.45, 2.75) is 20.3 Å². The van der Waals surface area contributed by atoms with Crippen LogP contribution in [0.2, 0.25) is 0 Å². The van der Waals surface area contributed by atoms with Gasteiger partial charge in [0.2, 0.25) is 10.0 Å². The monoisotopic (exact) mass is 252 g/mol. The molecule has 0 saturated heterocycles. The molecule has 0 bridgehead atoms. The summed E-state index contributed by atoms with van der Waals surface area (Å²) in [7, 11) is -3.68. The molecule has 2 N–H and O–H groups in total. The predicted molar refractivity (Wildman–Crippen MR) is 61.8 cm³/mol. The van der Waals surface area contributed by atoms with Crippen LogP contribution in [0.1, 0.15) is 20.3 Å². The van der Waals surface area contributed by atoms with E-state index in [1.54, 1.807) is 0 Å². The lowest BCUT2D eigenvalue weighted by molar-refractivity contribution is -0.134. The van der Waals surface area contributed by atoms with Crippen molar-refractivity contribution in [1.29, 1.82) is 0 Å². The molecule has 0 unspecified atom stereocenters. The molecular weight excluding hydrogens is 232 g/mol. The van der Waals surface area contributed by atoms with Crippen LogP contribution >= 0.6 is 0 Å². The molecule has 0 aliphatic carbocycles. The first kappa shape index (κ1) is 15.3. The summed E-state index contributed by atoms with van der Waals surface area (Å²) >= 11 is 0. The Balaban J connectivity index is 3.92. The van der Waals surface area contributed by atoms with Crippen molar-refractivity contribution in [3.05, 3.63) is 0 Å². The number of likely N-dealkylation sites (N-methyl/N-ethyl adjacent to an activating group) is 1. The van der Waals surface area contributed by atoms with Gasteiger partial charge in [-0.25, -0.2) is 13.1 Å². The summed E-state index contributed by atoms with van der Waals surface area (Å²) in [6.07, 6.45) is 1.01. The highest BCUT2D eigenvalue weighted by atomic mass is 32.2. The van der Waals surface area contributed by atoms with E-state index in [0.29, 0.717) is 6.54 Å². The first-order chi connectivity index (χ1) is 7.41. The highest BCUT2D eigenvalue weighted by Gasteiger charge is 2.14. The van der Waals surface area contributed by atoms with Crippen LogP contribution in [-0.4, -0.2) is 56.3 Å². The van der Waals surface area contributed by atoms with Crippen molar-refractivity contribution in [2.24, 2.45) is 0 Å². The quantitative estimate of drug-likeness (QED) is 0.589. The summed E-state index contributed by atoms with van der Waals surface area (Å²) < 4.78 is 24.6. The van der Waals surface area contributed by atoms with Crippen molar-refractivity contribution < 1.29 is 18.3 Å². The number of nitrogens with zero attached hydrogens (tertiary/aromatic N) is 1. The molecule has 0 aliphatic heterocycles. The SMILES string of the molecule is CCCN(CC)CCNS(=O)(=O)CC(=O)O. The number of sulfonamides is 1. The van der Waals surface area contributed by atoms with Crippen LogP contribution < -0.4 is 4.72 Å². The Hall–Kier alpha value is -0.660. The van der Waals surface area contributed by atoms with Crippen LogP contribution in [0.4, 0.5) is 0 Å². The standard InChI is InChI=1S/C9H20N2O4S/c1-3-6-11(4-2)7-5-10-16(14,15)8-9(12)13/h10H,3-8H2,1-2H3,(H,12,13). The Bertz CT molecular complexity index is 303. The van der Waals surface area contributed by atoms with Gasteiger partial charge in [0, 0.05) is 13.1 Å². The normalized spacial score (nSPS) is 11.9. The number of nitrogens with one attached hydrogen (secondary N) is 1. The van der Waals surface area contributed by atoms with Crippen molar-refractivity contribution in [3.63, 3.8) is 0 Å². The van der Waals surface area contributed by atoms with Crippen LogP contribution in [0, 0.1) is 0 Å². The van der Waals surface area contributed by atoms with Crippen molar-refractivity contribution in [1.82, 2.24) is 9.62 Å². The molecule has 0 spiro atoms. The van der Waals surface area contributed by atoms with Crippen molar-refractivity contribution in [2.75, 3.05) is 31.9 Å². The summed E-state index contributed by atoms with van der Waals surface area (Å²) in [5.74, 6) is -2.21. The van der Waals surface area contributed by atoms with Gasteiger partial charge in [-0.3, -0.25) is 4.79 Å². The fourth-order valence-electron chi connectivity index (χ4n) is 1.32. The van der Waals surface area contributed by atoms with Gasteiger partial charge in [0.25, 0.3) is 0 Å². The molecule has 6 nitrogen and oxygen atoms in total. The molecule has 7 heteroatoms. The minimum Gasteiger partial charge on any atom is -0.480 e. The van der Waals surface area contributed by atoms with Crippen LogP contribution in [0.5, 0.6) is 0 Å². The van der Waals surface area contributed by atoms with E-state index < -0.39 is 21.7 Å². The fourth-order valence-corrected chi connectivity index (χ4v) is 2.15. The molecule has 0 atom stereocenters. The van der Waals surface area contributed by atoms with E-state index in [4.69, 9.17) is 5.11 Å². The molecule has 0 aliphatic rings. The fraction of sp³-hybridized carbons (Fsp3) is 0.889. The van der Waals surface area contributed by atoms with Crippen LogP contribution in [0.15, 0.2) is 0 Å². The van der Waals surface area contributed by atoms with Gasteiger partial charge in [-0.1, -0.05) is 13.8 Å². The summed E-state index contributed by atoms with van der Waals surface area (Å²) in [4.78, 5) is 12.3. The Morgan fingerprint density at radius 2 is 1.94 bits per heavy atom. The van der Waals surface area contributed by atoms with E-state index in [0.717, 1.165) is 19.5 Å². The number of hydrogen-bond acceptors (Lipinski definition) is 4. The molecule has 0 aromatic heterocycles. The van der Waals surface area contributed by atoms with E-state index in [1.165, 1.54) is 0 Å². The van der Waals surface area contributed by atoms with Gasteiger partial charge in [-0.15, -0.1) is 0 Å². The van der Waals surface area contributed by atoms with Gasteiger partial charge in [-0.2, -0.15) is 0 Å².